The fourth-order valence-corrected chi connectivity index (χ4v) is 2.74. The van der Waals surface area contributed by atoms with Gasteiger partial charge in [-0.1, -0.05) is 17.7 Å². The number of hydrogen-bond acceptors (Lipinski definition) is 4. The van der Waals surface area contributed by atoms with Crippen LogP contribution in [-0.4, -0.2) is 19.2 Å². The van der Waals surface area contributed by atoms with E-state index in [2.05, 4.69) is 4.98 Å². The number of thiazole rings is 1. The van der Waals surface area contributed by atoms with Crippen LogP contribution >= 0.6 is 22.9 Å². The smallest absolute Gasteiger partial charge is 0.201 e. The summed E-state index contributed by atoms with van der Waals surface area (Å²) in [6, 6.07) is 4.54. The van der Waals surface area contributed by atoms with E-state index >= 15 is 0 Å². The van der Waals surface area contributed by atoms with Crippen molar-refractivity contribution in [1.29, 1.82) is 0 Å². The van der Waals surface area contributed by atoms with E-state index in [-0.39, 0.29) is 0 Å². The molecule has 0 atom stereocenters. The second kappa shape index (κ2) is 5.75. The summed E-state index contributed by atoms with van der Waals surface area (Å²) < 4.78 is 23.9. The van der Waals surface area contributed by atoms with Crippen LogP contribution in [0.1, 0.15) is 12.0 Å². The zero-order valence-electron chi connectivity index (χ0n) is 9.81. The van der Waals surface area contributed by atoms with Crippen molar-refractivity contribution in [1.82, 2.24) is 4.98 Å². The molecule has 1 aromatic carbocycles. The minimum atomic E-state index is -0.555. The highest BCUT2D eigenvalue weighted by atomic mass is 35.5. The number of nitrogens with zero attached hydrogens (tertiary/aromatic N) is 1. The number of methoxy groups -OCH3 is 2. The summed E-state index contributed by atoms with van der Waals surface area (Å²) in [5.41, 5.74) is 0.903. The maximum absolute atomic E-state index is 13.7. The van der Waals surface area contributed by atoms with Gasteiger partial charge < -0.3 is 9.47 Å². The summed E-state index contributed by atoms with van der Waals surface area (Å²) in [5, 5.41) is 2.60. The van der Waals surface area contributed by atoms with Crippen molar-refractivity contribution in [2.45, 2.75) is 6.29 Å². The Morgan fingerprint density at radius 3 is 2.67 bits per heavy atom. The first-order chi connectivity index (χ1) is 8.67. The first-order valence-corrected chi connectivity index (χ1v) is 6.38. The predicted octanol–water partition coefficient (Wildman–Crippen LogP) is 3.89. The van der Waals surface area contributed by atoms with Gasteiger partial charge in [-0.25, -0.2) is 9.37 Å². The summed E-state index contributed by atoms with van der Waals surface area (Å²) >= 11 is 7.28. The van der Waals surface area contributed by atoms with E-state index in [1.165, 1.54) is 31.6 Å². The molecule has 0 spiro atoms. The topological polar surface area (TPSA) is 31.4 Å². The highest BCUT2D eigenvalue weighted by Crippen LogP contribution is 2.34. The SMILES string of the molecule is COC(OC)c1csc(-c2c(F)cccc2Cl)n1. The molecule has 3 nitrogen and oxygen atoms in total. The van der Waals surface area contributed by atoms with Crippen molar-refractivity contribution < 1.29 is 13.9 Å². The molecule has 0 radical (unpaired) electrons. The van der Waals surface area contributed by atoms with Gasteiger partial charge in [-0.05, 0) is 12.1 Å². The Morgan fingerprint density at radius 2 is 2.06 bits per heavy atom. The average Bonchev–Trinajstić information content (AvgIpc) is 2.80. The molecule has 0 bridgehead atoms. The van der Waals surface area contributed by atoms with E-state index in [0.717, 1.165) is 0 Å². The van der Waals surface area contributed by atoms with E-state index in [1.54, 1.807) is 17.5 Å². The van der Waals surface area contributed by atoms with Crippen LogP contribution in [0.15, 0.2) is 23.6 Å². The highest BCUT2D eigenvalue weighted by Gasteiger charge is 2.17. The van der Waals surface area contributed by atoms with Gasteiger partial charge in [0.1, 0.15) is 16.5 Å². The molecule has 1 heterocycles. The average molecular weight is 288 g/mol. The summed E-state index contributed by atoms with van der Waals surface area (Å²) in [4.78, 5) is 4.29. The van der Waals surface area contributed by atoms with E-state index < -0.39 is 12.1 Å². The lowest BCUT2D eigenvalue weighted by molar-refractivity contribution is -0.108. The first kappa shape index (κ1) is 13.4. The van der Waals surface area contributed by atoms with Crippen LogP contribution in [0.3, 0.4) is 0 Å². The molecule has 0 unspecified atom stereocenters. The Kier molecular flexibility index (Phi) is 4.29. The predicted molar refractivity (Wildman–Crippen MR) is 69.3 cm³/mol. The summed E-state index contributed by atoms with van der Waals surface area (Å²) in [6.45, 7) is 0. The second-order valence-corrected chi connectivity index (χ2v) is 4.74. The van der Waals surface area contributed by atoms with Gasteiger partial charge in [0, 0.05) is 19.6 Å². The van der Waals surface area contributed by atoms with Crippen molar-refractivity contribution in [2.75, 3.05) is 14.2 Å². The number of aromatic nitrogens is 1. The molecule has 96 valence electrons. The Labute approximate surface area is 113 Å². The van der Waals surface area contributed by atoms with Crippen LogP contribution in [-0.2, 0) is 9.47 Å². The molecule has 0 aliphatic rings. The molecule has 0 saturated heterocycles. The van der Waals surface area contributed by atoms with Gasteiger partial charge in [0.2, 0.25) is 6.29 Å². The zero-order chi connectivity index (χ0) is 13.1. The number of benzene rings is 1. The van der Waals surface area contributed by atoms with Crippen molar-refractivity contribution in [3.8, 4) is 10.6 Å². The largest absolute Gasteiger partial charge is 0.350 e. The third-order valence-corrected chi connectivity index (χ3v) is 3.56. The minimum absolute atomic E-state index is 0.307. The minimum Gasteiger partial charge on any atom is -0.350 e. The molecule has 2 rings (SSSR count). The van der Waals surface area contributed by atoms with E-state index in [1.807, 2.05) is 0 Å². The molecular weight excluding hydrogens is 277 g/mol. The lowest BCUT2D eigenvalue weighted by Crippen LogP contribution is -2.03. The van der Waals surface area contributed by atoms with Crippen LogP contribution in [0.4, 0.5) is 4.39 Å². The second-order valence-electron chi connectivity index (χ2n) is 3.48. The van der Waals surface area contributed by atoms with Gasteiger partial charge >= 0.3 is 0 Å². The highest BCUT2D eigenvalue weighted by molar-refractivity contribution is 7.13. The standard InChI is InChI=1S/C12H11ClFNO2S/c1-16-12(17-2)9-6-18-11(15-9)10-7(13)4-3-5-8(10)14/h3-6,12H,1-2H3. The molecule has 6 heteroatoms. The van der Waals surface area contributed by atoms with Crippen molar-refractivity contribution >= 4 is 22.9 Å². The van der Waals surface area contributed by atoms with Crippen LogP contribution in [0, 0.1) is 5.82 Å². The van der Waals surface area contributed by atoms with Gasteiger partial charge in [-0.15, -0.1) is 11.3 Å². The van der Waals surface area contributed by atoms with Crippen LogP contribution in [0.5, 0.6) is 0 Å². The van der Waals surface area contributed by atoms with Gasteiger partial charge in [0.05, 0.1) is 10.6 Å². The molecule has 0 saturated carbocycles. The number of ether oxygens (including phenoxy) is 2. The third-order valence-electron chi connectivity index (χ3n) is 2.37. The molecular formula is C12H11ClFNO2S. The monoisotopic (exact) mass is 287 g/mol. The molecule has 18 heavy (non-hydrogen) atoms. The van der Waals surface area contributed by atoms with Crippen molar-refractivity contribution in [3.05, 3.63) is 40.1 Å². The number of halogens is 2. The normalized spacial score (nSPS) is 11.2. The van der Waals surface area contributed by atoms with Gasteiger partial charge in [0.25, 0.3) is 0 Å². The van der Waals surface area contributed by atoms with Gasteiger partial charge in [-0.2, -0.15) is 0 Å². The Balaban J connectivity index is 2.41. The Hall–Kier alpha value is -1.01. The van der Waals surface area contributed by atoms with Crippen LogP contribution in [0.25, 0.3) is 10.6 Å². The molecule has 0 fully saturated rings. The van der Waals surface area contributed by atoms with E-state index in [0.29, 0.717) is 21.3 Å². The summed E-state index contributed by atoms with van der Waals surface area (Å²) in [7, 11) is 3.03. The first-order valence-electron chi connectivity index (χ1n) is 5.12. The third kappa shape index (κ3) is 2.54. The maximum Gasteiger partial charge on any atom is 0.201 e. The number of hydrogen-bond donors (Lipinski definition) is 0. The quantitative estimate of drug-likeness (QED) is 0.799. The zero-order valence-corrected chi connectivity index (χ0v) is 11.4. The van der Waals surface area contributed by atoms with E-state index in [9.17, 15) is 4.39 Å². The fraction of sp³-hybridized carbons (Fsp3) is 0.250. The van der Waals surface area contributed by atoms with Crippen LogP contribution < -0.4 is 0 Å². The van der Waals surface area contributed by atoms with Gasteiger partial charge in [-0.3, -0.25) is 0 Å². The molecule has 0 N–H and O–H groups in total. The van der Waals surface area contributed by atoms with Crippen molar-refractivity contribution in [3.63, 3.8) is 0 Å². The summed E-state index contributed by atoms with van der Waals surface area (Å²) in [5.74, 6) is -0.394. The molecule has 0 aliphatic heterocycles. The lowest BCUT2D eigenvalue weighted by Gasteiger charge is -2.09. The molecule has 0 aliphatic carbocycles. The number of rotatable bonds is 4. The lowest BCUT2D eigenvalue weighted by atomic mass is 10.2. The fourth-order valence-electron chi connectivity index (χ4n) is 1.55. The molecule has 1 aromatic heterocycles. The molecule has 0 amide bonds. The Morgan fingerprint density at radius 1 is 1.33 bits per heavy atom. The summed E-state index contributed by atoms with van der Waals surface area (Å²) in [6.07, 6.45) is -0.555. The van der Waals surface area contributed by atoms with Crippen LogP contribution in [0.2, 0.25) is 5.02 Å². The maximum atomic E-state index is 13.7. The van der Waals surface area contributed by atoms with Crippen molar-refractivity contribution in [2.24, 2.45) is 0 Å². The van der Waals surface area contributed by atoms with Gasteiger partial charge in [0.15, 0.2) is 0 Å². The Bertz CT molecular complexity index is 522. The van der Waals surface area contributed by atoms with E-state index in [4.69, 9.17) is 21.1 Å². The molecule has 2 aromatic rings.